The van der Waals surface area contributed by atoms with Crippen molar-refractivity contribution in [1.82, 2.24) is 14.9 Å². The molecule has 1 aromatic carbocycles. The quantitative estimate of drug-likeness (QED) is 0.657. The summed E-state index contributed by atoms with van der Waals surface area (Å²) < 4.78 is 18.5. The summed E-state index contributed by atoms with van der Waals surface area (Å²) >= 11 is 0. The monoisotopic (exact) mass is 406 g/mol. The van der Waals surface area contributed by atoms with Crippen molar-refractivity contribution in [2.75, 3.05) is 18.5 Å². The number of halogens is 1. The van der Waals surface area contributed by atoms with Gasteiger partial charge in [-0.3, -0.25) is 4.79 Å². The largest absolute Gasteiger partial charge is 0.484 e. The minimum absolute atomic E-state index is 0.0900. The van der Waals surface area contributed by atoms with Crippen LogP contribution in [0.3, 0.4) is 0 Å². The van der Waals surface area contributed by atoms with E-state index in [9.17, 15) is 9.18 Å². The molecule has 0 radical (unpaired) electrons. The normalized spacial score (nSPS) is 15.8. The van der Waals surface area contributed by atoms with Crippen molar-refractivity contribution < 1.29 is 13.9 Å². The number of ether oxygens (including phenoxy) is 1. The maximum atomic E-state index is 13.0. The van der Waals surface area contributed by atoms with Crippen LogP contribution in [0, 0.1) is 12.7 Å². The minimum atomic E-state index is -0.339. The van der Waals surface area contributed by atoms with Gasteiger partial charge in [-0.15, -0.1) is 0 Å². The second-order valence-electron chi connectivity index (χ2n) is 7.22. The zero-order chi connectivity index (χ0) is 20.9. The molecule has 3 aromatic rings. The smallest absolute Gasteiger partial charge is 0.261 e. The molecule has 0 saturated carbocycles. The molecule has 7 heteroatoms. The molecule has 1 atom stereocenters. The number of benzene rings is 1. The first-order valence-corrected chi connectivity index (χ1v) is 9.94. The van der Waals surface area contributed by atoms with E-state index in [2.05, 4.69) is 10.3 Å². The van der Waals surface area contributed by atoms with Crippen molar-refractivity contribution in [3.8, 4) is 5.75 Å². The van der Waals surface area contributed by atoms with Gasteiger partial charge in [-0.2, -0.15) is 0 Å². The Morgan fingerprint density at radius 1 is 1.10 bits per heavy atom. The first kappa shape index (κ1) is 19.8. The molecule has 0 unspecified atom stereocenters. The van der Waals surface area contributed by atoms with E-state index in [-0.39, 0.29) is 24.4 Å². The second-order valence-corrected chi connectivity index (χ2v) is 7.22. The number of amides is 1. The van der Waals surface area contributed by atoms with Crippen molar-refractivity contribution in [2.24, 2.45) is 0 Å². The number of rotatable bonds is 6. The maximum absolute atomic E-state index is 13.0. The summed E-state index contributed by atoms with van der Waals surface area (Å²) in [7, 11) is 0. The van der Waals surface area contributed by atoms with Crippen molar-refractivity contribution in [2.45, 2.75) is 25.8 Å². The van der Waals surface area contributed by atoms with Crippen molar-refractivity contribution in [3.05, 3.63) is 77.9 Å². The van der Waals surface area contributed by atoms with Crippen LogP contribution in [0.15, 0.2) is 60.7 Å². The number of hydrogen-bond donors (Lipinski definition) is 1. The van der Waals surface area contributed by atoms with Gasteiger partial charge in [-0.05, 0) is 68.3 Å². The Kier molecular flexibility index (Phi) is 5.88. The van der Waals surface area contributed by atoms with Crippen molar-refractivity contribution in [3.63, 3.8) is 0 Å². The van der Waals surface area contributed by atoms with Crippen molar-refractivity contribution in [1.29, 1.82) is 0 Å². The summed E-state index contributed by atoms with van der Waals surface area (Å²) in [5, 5.41) is 3.22. The molecule has 154 valence electrons. The fraction of sp³-hybridized carbons (Fsp3) is 0.261. The topological polar surface area (TPSA) is 67.4 Å². The van der Waals surface area contributed by atoms with Gasteiger partial charge in [0.1, 0.15) is 23.2 Å². The standard InChI is InChI=1S/C23H23FN4O2/c1-16-5-2-8-21(25-16)27-22-9-3-6-19(26-22)20-7-4-14-28(20)23(29)15-30-18-12-10-17(24)11-13-18/h2-3,5-6,8-13,20H,4,7,14-15H2,1H3,(H,25,26,27)/t20-/m1/s1. The Hall–Kier alpha value is -3.48. The fourth-order valence-electron chi connectivity index (χ4n) is 3.58. The molecule has 1 fully saturated rings. The first-order valence-electron chi connectivity index (χ1n) is 9.94. The summed E-state index contributed by atoms with van der Waals surface area (Å²) in [6, 6.07) is 17.1. The molecule has 0 aliphatic carbocycles. The third-order valence-corrected chi connectivity index (χ3v) is 5.01. The average Bonchev–Trinajstić information content (AvgIpc) is 3.23. The summed E-state index contributed by atoms with van der Waals surface area (Å²) in [5.41, 5.74) is 1.75. The highest BCUT2D eigenvalue weighted by Crippen LogP contribution is 2.31. The molecule has 4 rings (SSSR count). The molecular formula is C23H23FN4O2. The van der Waals surface area contributed by atoms with E-state index in [0.717, 1.165) is 30.0 Å². The van der Waals surface area contributed by atoms with Crippen LogP contribution >= 0.6 is 0 Å². The Morgan fingerprint density at radius 3 is 2.60 bits per heavy atom. The predicted octanol–water partition coefficient (Wildman–Crippen LogP) is 4.41. The van der Waals surface area contributed by atoms with Crippen molar-refractivity contribution >= 4 is 17.5 Å². The van der Waals surface area contributed by atoms with Gasteiger partial charge in [0.15, 0.2) is 6.61 Å². The van der Waals surface area contributed by atoms with E-state index in [0.29, 0.717) is 18.1 Å². The maximum Gasteiger partial charge on any atom is 0.261 e. The molecule has 6 nitrogen and oxygen atoms in total. The highest BCUT2D eigenvalue weighted by Gasteiger charge is 2.31. The van der Waals surface area contributed by atoms with Gasteiger partial charge >= 0.3 is 0 Å². The number of aryl methyl sites for hydroxylation is 1. The van der Waals surface area contributed by atoms with Crippen LogP contribution < -0.4 is 10.1 Å². The van der Waals surface area contributed by atoms with Gasteiger partial charge in [0.05, 0.1) is 11.7 Å². The third kappa shape index (κ3) is 4.74. The van der Waals surface area contributed by atoms with Crippen LogP contribution in [0.25, 0.3) is 0 Å². The van der Waals surface area contributed by atoms with E-state index in [1.54, 1.807) is 4.90 Å². The number of pyridine rings is 2. The number of nitrogens with one attached hydrogen (secondary N) is 1. The first-order chi connectivity index (χ1) is 14.6. The van der Waals surface area contributed by atoms with Gasteiger partial charge in [0.2, 0.25) is 0 Å². The number of carbonyl (C=O) groups excluding carboxylic acids is 1. The zero-order valence-corrected chi connectivity index (χ0v) is 16.7. The SMILES string of the molecule is Cc1cccc(Nc2cccc([C@H]3CCCN3C(=O)COc3ccc(F)cc3)n2)n1. The van der Waals surface area contributed by atoms with Gasteiger partial charge in [-0.25, -0.2) is 14.4 Å². The zero-order valence-electron chi connectivity index (χ0n) is 16.7. The van der Waals surface area contributed by atoms with Crippen LogP contribution in [0.4, 0.5) is 16.0 Å². The fourth-order valence-corrected chi connectivity index (χ4v) is 3.58. The molecule has 1 aliphatic heterocycles. The second kappa shape index (κ2) is 8.90. The molecule has 1 aliphatic rings. The Labute approximate surface area is 174 Å². The molecule has 30 heavy (non-hydrogen) atoms. The summed E-state index contributed by atoms with van der Waals surface area (Å²) in [4.78, 5) is 23.7. The Morgan fingerprint density at radius 2 is 1.83 bits per heavy atom. The number of hydrogen-bond acceptors (Lipinski definition) is 5. The molecule has 0 bridgehead atoms. The lowest BCUT2D eigenvalue weighted by molar-refractivity contribution is -0.134. The summed E-state index contributed by atoms with van der Waals surface area (Å²) in [6.07, 6.45) is 1.76. The number of likely N-dealkylation sites (tertiary alicyclic amines) is 1. The van der Waals surface area contributed by atoms with Crippen LogP contribution in [0.1, 0.15) is 30.3 Å². The van der Waals surface area contributed by atoms with Crippen LogP contribution in [-0.4, -0.2) is 33.9 Å². The number of aromatic nitrogens is 2. The molecule has 0 spiro atoms. The Bertz CT molecular complexity index is 1030. The van der Waals surface area contributed by atoms with E-state index >= 15 is 0 Å². The molecular weight excluding hydrogens is 383 g/mol. The van der Waals surface area contributed by atoms with Gasteiger partial charge < -0.3 is 15.0 Å². The van der Waals surface area contributed by atoms with Crippen LogP contribution in [0.2, 0.25) is 0 Å². The molecule has 1 saturated heterocycles. The third-order valence-electron chi connectivity index (χ3n) is 5.01. The van der Waals surface area contributed by atoms with Gasteiger partial charge in [-0.1, -0.05) is 12.1 Å². The highest BCUT2D eigenvalue weighted by atomic mass is 19.1. The average molecular weight is 406 g/mol. The van der Waals surface area contributed by atoms with E-state index < -0.39 is 0 Å². The molecule has 2 aromatic heterocycles. The molecule has 1 amide bonds. The molecule has 3 heterocycles. The van der Waals surface area contributed by atoms with Gasteiger partial charge in [0, 0.05) is 12.2 Å². The van der Waals surface area contributed by atoms with Crippen LogP contribution in [-0.2, 0) is 4.79 Å². The molecule has 1 N–H and O–H groups in total. The van der Waals surface area contributed by atoms with E-state index in [1.807, 2.05) is 43.3 Å². The lowest BCUT2D eigenvalue weighted by Crippen LogP contribution is -2.34. The summed E-state index contributed by atoms with van der Waals surface area (Å²) in [6.45, 7) is 2.51. The Balaban J connectivity index is 1.43. The van der Waals surface area contributed by atoms with E-state index in [1.165, 1.54) is 24.3 Å². The van der Waals surface area contributed by atoms with Crippen LogP contribution in [0.5, 0.6) is 5.75 Å². The van der Waals surface area contributed by atoms with Gasteiger partial charge in [0.25, 0.3) is 5.91 Å². The lowest BCUT2D eigenvalue weighted by atomic mass is 10.1. The number of carbonyl (C=O) groups is 1. The minimum Gasteiger partial charge on any atom is -0.484 e. The number of nitrogens with zero attached hydrogens (tertiary/aromatic N) is 3. The lowest BCUT2D eigenvalue weighted by Gasteiger charge is -2.24. The van der Waals surface area contributed by atoms with E-state index in [4.69, 9.17) is 9.72 Å². The predicted molar refractivity (Wildman–Crippen MR) is 112 cm³/mol. The summed E-state index contributed by atoms with van der Waals surface area (Å²) in [5.74, 6) is 1.44. The highest BCUT2D eigenvalue weighted by molar-refractivity contribution is 5.78. The number of anilines is 2.